The van der Waals surface area contributed by atoms with Gasteiger partial charge in [0.05, 0.1) is 4.88 Å². The average Bonchev–Trinajstić information content (AvgIpc) is 2.91. The molecule has 0 unspecified atom stereocenters. The Hall–Kier alpha value is -2.15. The first-order valence-corrected chi connectivity index (χ1v) is 8.00. The van der Waals surface area contributed by atoms with Gasteiger partial charge in [-0.15, -0.1) is 11.3 Å². The van der Waals surface area contributed by atoms with Crippen LogP contribution in [0.4, 0.5) is 5.69 Å². The molecule has 2 N–H and O–H groups in total. The average molecular weight is 320 g/mol. The second-order valence-electron chi connectivity index (χ2n) is 4.92. The molecule has 22 heavy (non-hydrogen) atoms. The van der Waals surface area contributed by atoms with Crippen LogP contribution in [0, 0.1) is 6.92 Å². The van der Waals surface area contributed by atoms with E-state index in [1.165, 1.54) is 0 Å². The smallest absolute Gasteiger partial charge is 0.290 e. The molecular formula is C15H20N4O2S. The summed E-state index contributed by atoms with van der Waals surface area (Å²) in [5.74, 6) is -0.140. The molecule has 2 heterocycles. The fourth-order valence-corrected chi connectivity index (χ4v) is 2.99. The van der Waals surface area contributed by atoms with Crippen LogP contribution in [0.3, 0.4) is 0 Å². The van der Waals surface area contributed by atoms with Gasteiger partial charge in [-0.25, -0.2) is 4.68 Å². The van der Waals surface area contributed by atoms with E-state index in [1.54, 1.807) is 22.3 Å². The Morgan fingerprint density at radius 2 is 2.05 bits per heavy atom. The zero-order valence-corrected chi connectivity index (χ0v) is 13.8. The molecule has 0 aliphatic carbocycles. The molecule has 0 aliphatic heterocycles. The molecule has 0 aromatic carbocycles. The normalized spacial score (nSPS) is 10.7. The summed E-state index contributed by atoms with van der Waals surface area (Å²) in [5.41, 5.74) is 6.07. The SMILES string of the molecule is CCN(CC)C(=O)Cn1nc(-c2ccc(C)s2)cc(N)c1=O. The highest BCUT2D eigenvalue weighted by molar-refractivity contribution is 7.15. The molecule has 0 aliphatic rings. The number of carbonyl (C=O) groups excluding carboxylic acids is 1. The maximum absolute atomic E-state index is 12.2. The highest BCUT2D eigenvalue weighted by Crippen LogP contribution is 2.26. The van der Waals surface area contributed by atoms with E-state index in [-0.39, 0.29) is 18.1 Å². The summed E-state index contributed by atoms with van der Waals surface area (Å²) in [6.07, 6.45) is 0. The van der Waals surface area contributed by atoms with Crippen molar-refractivity contribution in [3.05, 3.63) is 33.4 Å². The lowest BCUT2D eigenvalue weighted by Crippen LogP contribution is -2.37. The molecule has 0 atom stereocenters. The van der Waals surface area contributed by atoms with Crippen molar-refractivity contribution in [2.24, 2.45) is 0 Å². The lowest BCUT2D eigenvalue weighted by Gasteiger charge is -2.19. The molecule has 2 aromatic heterocycles. The van der Waals surface area contributed by atoms with E-state index in [9.17, 15) is 9.59 Å². The van der Waals surface area contributed by atoms with Gasteiger partial charge >= 0.3 is 0 Å². The maximum Gasteiger partial charge on any atom is 0.290 e. The summed E-state index contributed by atoms with van der Waals surface area (Å²) in [4.78, 5) is 28.0. The molecule has 2 aromatic rings. The number of nitrogen functional groups attached to an aromatic ring is 1. The second-order valence-corrected chi connectivity index (χ2v) is 6.21. The molecule has 1 amide bonds. The van der Waals surface area contributed by atoms with Crippen LogP contribution >= 0.6 is 11.3 Å². The van der Waals surface area contributed by atoms with Gasteiger partial charge in [0.2, 0.25) is 5.91 Å². The van der Waals surface area contributed by atoms with E-state index in [0.717, 1.165) is 14.4 Å². The van der Waals surface area contributed by atoms with Gasteiger partial charge in [-0.1, -0.05) is 0 Å². The minimum absolute atomic E-state index is 0.0943. The summed E-state index contributed by atoms with van der Waals surface area (Å²) in [6.45, 7) is 6.90. The second kappa shape index (κ2) is 6.74. The van der Waals surface area contributed by atoms with E-state index < -0.39 is 5.56 Å². The first-order valence-electron chi connectivity index (χ1n) is 7.18. The minimum atomic E-state index is -0.433. The fourth-order valence-electron chi connectivity index (χ4n) is 2.17. The van der Waals surface area contributed by atoms with Gasteiger partial charge in [0.15, 0.2) is 0 Å². The number of likely N-dealkylation sites (N-methyl/N-ethyl adjacent to an activating group) is 1. The highest BCUT2D eigenvalue weighted by atomic mass is 32.1. The van der Waals surface area contributed by atoms with Crippen LogP contribution in [0.25, 0.3) is 10.6 Å². The largest absolute Gasteiger partial charge is 0.394 e. The van der Waals surface area contributed by atoms with Gasteiger partial charge < -0.3 is 10.6 Å². The van der Waals surface area contributed by atoms with Crippen LogP contribution in [0.5, 0.6) is 0 Å². The van der Waals surface area contributed by atoms with E-state index in [0.29, 0.717) is 18.8 Å². The van der Waals surface area contributed by atoms with E-state index in [1.807, 2.05) is 32.9 Å². The number of hydrogen-bond acceptors (Lipinski definition) is 5. The molecule has 7 heteroatoms. The maximum atomic E-state index is 12.2. The van der Waals surface area contributed by atoms with Gasteiger partial charge in [-0.05, 0) is 39.0 Å². The summed E-state index contributed by atoms with van der Waals surface area (Å²) >= 11 is 1.57. The zero-order chi connectivity index (χ0) is 16.3. The Labute approximate surface area is 133 Å². The van der Waals surface area contributed by atoms with Gasteiger partial charge in [-0.3, -0.25) is 9.59 Å². The molecule has 0 spiro atoms. The van der Waals surface area contributed by atoms with Crippen molar-refractivity contribution < 1.29 is 4.79 Å². The Bertz CT molecular complexity index is 731. The van der Waals surface area contributed by atoms with Crippen LogP contribution in [-0.4, -0.2) is 33.7 Å². The third kappa shape index (κ3) is 3.36. The van der Waals surface area contributed by atoms with Crippen molar-refractivity contribution in [2.45, 2.75) is 27.3 Å². The number of aromatic nitrogens is 2. The fraction of sp³-hybridized carbons (Fsp3) is 0.400. The number of thiophene rings is 1. The predicted octanol–water partition coefficient (Wildman–Crippen LogP) is 1.73. The summed E-state index contributed by atoms with van der Waals surface area (Å²) < 4.78 is 1.15. The molecule has 0 bridgehead atoms. The highest BCUT2D eigenvalue weighted by Gasteiger charge is 2.15. The Morgan fingerprint density at radius 3 is 2.59 bits per heavy atom. The molecule has 0 saturated heterocycles. The first kappa shape index (κ1) is 16.2. The van der Waals surface area contributed by atoms with Crippen molar-refractivity contribution in [3.63, 3.8) is 0 Å². The van der Waals surface area contributed by atoms with Crippen LogP contribution in [0.15, 0.2) is 23.0 Å². The van der Waals surface area contributed by atoms with Crippen molar-refractivity contribution in [1.82, 2.24) is 14.7 Å². The first-order chi connectivity index (χ1) is 10.5. The monoisotopic (exact) mass is 320 g/mol. The summed E-state index contributed by atoms with van der Waals surface area (Å²) in [7, 11) is 0. The Morgan fingerprint density at radius 1 is 1.36 bits per heavy atom. The van der Waals surface area contributed by atoms with Crippen LogP contribution in [0.2, 0.25) is 0 Å². The quantitative estimate of drug-likeness (QED) is 0.909. The number of carbonyl (C=O) groups is 1. The zero-order valence-electron chi connectivity index (χ0n) is 13.0. The standard InChI is InChI=1S/C15H20N4O2S/c1-4-18(5-2)14(20)9-19-15(21)11(16)8-12(17-19)13-7-6-10(3)22-13/h6-8H,4-5,9,16H2,1-3H3. The topological polar surface area (TPSA) is 81.2 Å². The van der Waals surface area contributed by atoms with E-state index in [2.05, 4.69) is 5.10 Å². The minimum Gasteiger partial charge on any atom is -0.394 e. The number of amides is 1. The molecule has 0 fully saturated rings. The van der Waals surface area contributed by atoms with Crippen molar-refractivity contribution in [3.8, 4) is 10.6 Å². The molecular weight excluding hydrogens is 300 g/mol. The predicted molar refractivity (Wildman–Crippen MR) is 88.9 cm³/mol. The molecule has 0 radical (unpaired) electrons. The lowest BCUT2D eigenvalue weighted by atomic mass is 10.3. The van der Waals surface area contributed by atoms with Crippen molar-refractivity contribution >= 4 is 22.9 Å². The van der Waals surface area contributed by atoms with Crippen LogP contribution in [-0.2, 0) is 11.3 Å². The third-order valence-corrected chi connectivity index (χ3v) is 4.42. The van der Waals surface area contributed by atoms with Crippen LogP contribution in [0.1, 0.15) is 18.7 Å². The molecule has 2 rings (SSSR count). The number of anilines is 1. The molecule has 118 valence electrons. The third-order valence-electron chi connectivity index (χ3n) is 3.40. The lowest BCUT2D eigenvalue weighted by molar-refractivity contribution is -0.131. The van der Waals surface area contributed by atoms with Gasteiger partial charge in [-0.2, -0.15) is 5.10 Å². The van der Waals surface area contributed by atoms with E-state index in [4.69, 9.17) is 5.73 Å². The molecule has 6 nitrogen and oxygen atoms in total. The van der Waals surface area contributed by atoms with Crippen LogP contribution < -0.4 is 11.3 Å². The van der Waals surface area contributed by atoms with Gasteiger partial charge in [0.1, 0.15) is 17.9 Å². The number of nitrogens with two attached hydrogens (primary N) is 1. The van der Waals surface area contributed by atoms with E-state index >= 15 is 0 Å². The number of hydrogen-bond donors (Lipinski definition) is 1. The summed E-state index contributed by atoms with van der Waals surface area (Å²) in [6, 6.07) is 5.48. The Kier molecular flexibility index (Phi) is 4.97. The molecule has 0 saturated carbocycles. The summed E-state index contributed by atoms with van der Waals surface area (Å²) in [5, 5.41) is 4.29. The van der Waals surface area contributed by atoms with Gasteiger partial charge in [0, 0.05) is 18.0 Å². The van der Waals surface area contributed by atoms with Gasteiger partial charge in [0.25, 0.3) is 5.56 Å². The van der Waals surface area contributed by atoms with Crippen molar-refractivity contribution in [2.75, 3.05) is 18.8 Å². The number of aryl methyl sites for hydroxylation is 1. The Balaban J connectivity index is 2.37. The number of nitrogens with zero attached hydrogens (tertiary/aromatic N) is 3. The van der Waals surface area contributed by atoms with Crippen molar-refractivity contribution in [1.29, 1.82) is 0 Å². The number of rotatable bonds is 5.